The minimum absolute atomic E-state index is 0.384. The largest absolute Gasteiger partial charge is 0.355 e. The van der Waals surface area contributed by atoms with Gasteiger partial charge in [0.15, 0.2) is 0 Å². The van der Waals surface area contributed by atoms with Crippen LogP contribution in [0.5, 0.6) is 0 Å². The first-order valence-corrected chi connectivity index (χ1v) is 9.76. The molecule has 5 nitrogen and oxygen atoms in total. The quantitative estimate of drug-likeness (QED) is 0.785. The zero-order valence-corrected chi connectivity index (χ0v) is 15.2. The van der Waals surface area contributed by atoms with Crippen molar-refractivity contribution in [3.63, 3.8) is 0 Å². The van der Waals surface area contributed by atoms with Gasteiger partial charge in [-0.3, -0.25) is 0 Å². The summed E-state index contributed by atoms with van der Waals surface area (Å²) in [7, 11) is -1.46. The number of hydrogen-bond acceptors (Lipinski definition) is 4. The van der Waals surface area contributed by atoms with E-state index < -0.39 is 10.0 Å². The van der Waals surface area contributed by atoms with E-state index in [0.717, 1.165) is 36.2 Å². The summed E-state index contributed by atoms with van der Waals surface area (Å²) in [4.78, 5) is 6.53. The molecule has 8 heteroatoms. The van der Waals surface area contributed by atoms with Crippen LogP contribution in [-0.4, -0.2) is 50.6 Å². The van der Waals surface area contributed by atoms with Crippen molar-refractivity contribution in [2.75, 3.05) is 37.8 Å². The molecule has 0 unspecified atom stereocenters. The van der Waals surface area contributed by atoms with Crippen molar-refractivity contribution < 1.29 is 8.42 Å². The third-order valence-corrected chi connectivity index (χ3v) is 5.78. The van der Waals surface area contributed by atoms with E-state index in [1.54, 1.807) is 13.2 Å². The summed E-state index contributed by atoms with van der Waals surface area (Å²) in [5, 5.41) is 0.635. The van der Waals surface area contributed by atoms with Crippen LogP contribution in [0.4, 0.5) is 5.82 Å². The summed E-state index contributed by atoms with van der Waals surface area (Å²) in [6, 6.07) is 1.84. The van der Waals surface area contributed by atoms with Gasteiger partial charge >= 0.3 is 0 Å². The van der Waals surface area contributed by atoms with Crippen LogP contribution in [-0.2, 0) is 10.0 Å². The highest BCUT2D eigenvalue weighted by atomic mass is 79.9. The van der Waals surface area contributed by atoms with E-state index in [1.807, 2.05) is 6.07 Å². The van der Waals surface area contributed by atoms with Gasteiger partial charge in [0.25, 0.3) is 0 Å². The molecule has 0 atom stereocenters. The van der Waals surface area contributed by atoms with Crippen LogP contribution in [0.25, 0.3) is 0 Å². The lowest BCUT2D eigenvalue weighted by molar-refractivity contribution is 0.328. The molecule has 0 amide bonds. The number of anilines is 1. The molecule has 1 aliphatic heterocycles. The lowest BCUT2D eigenvalue weighted by Crippen LogP contribution is -2.39. The molecule has 0 N–H and O–H groups in total. The third-order valence-electron chi connectivity index (χ3n) is 3.78. The summed E-state index contributed by atoms with van der Waals surface area (Å²) >= 11 is 9.57. The Morgan fingerprint density at radius 1 is 1.48 bits per heavy atom. The number of piperidine rings is 1. The van der Waals surface area contributed by atoms with Gasteiger partial charge in [0.1, 0.15) is 5.82 Å². The van der Waals surface area contributed by atoms with Gasteiger partial charge in [0.05, 0.1) is 11.3 Å². The van der Waals surface area contributed by atoms with Crippen molar-refractivity contribution in [2.45, 2.75) is 12.8 Å². The molecule has 118 valence electrons. The summed E-state index contributed by atoms with van der Waals surface area (Å²) in [6.45, 7) is 2.27. The van der Waals surface area contributed by atoms with Crippen molar-refractivity contribution in [3.05, 3.63) is 21.8 Å². The molecule has 0 spiro atoms. The number of rotatable bonds is 4. The van der Waals surface area contributed by atoms with Gasteiger partial charge in [-0.15, -0.1) is 0 Å². The average molecular weight is 397 g/mol. The van der Waals surface area contributed by atoms with Crippen molar-refractivity contribution in [3.8, 4) is 0 Å². The van der Waals surface area contributed by atoms with Gasteiger partial charge in [0, 0.05) is 37.4 Å². The second-order valence-electron chi connectivity index (χ2n) is 5.43. The number of halogens is 2. The summed E-state index contributed by atoms with van der Waals surface area (Å²) in [6.07, 6.45) is 4.86. The lowest BCUT2D eigenvalue weighted by atomic mass is 9.97. The minimum atomic E-state index is -3.10. The summed E-state index contributed by atoms with van der Waals surface area (Å²) in [5.41, 5.74) is 0. The second kappa shape index (κ2) is 6.81. The highest BCUT2D eigenvalue weighted by Crippen LogP contribution is 2.29. The van der Waals surface area contributed by atoms with Crippen LogP contribution >= 0.6 is 27.5 Å². The smallest absolute Gasteiger partial charge is 0.210 e. The summed E-state index contributed by atoms with van der Waals surface area (Å²) < 4.78 is 25.2. The Morgan fingerprint density at radius 2 is 2.10 bits per heavy atom. The predicted molar refractivity (Wildman–Crippen MR) is 89.4 cm³/mol. The van der Waals surface area contributed by atoms with Crippen LogP contribution in [0.2, 0.25) is 5.02 Å². The van der Waals surface area contributed by atoms with Gasteiger partial charge in [-0.1, -0.05) is 11.6 Å². The highest BCUT2D eigenvalue weighted by Gasteiger charge is 2.24. The van der Waals surface area contributed by atoms with Gasteiger partial charge < -0.3 is 4.90 Å². The molecule has 0 aliphatic carbocycles. The fourth-order valence-electron chi connectivity index (χ4n) is 2.47. The molecule has 0 bridgehead atoms. The Bertz CT molecular complexity index is 603. The van der Waals surface area contributed by atoms with Gasteiger partial charge in [-0.2, -0.15) is 0 Å². The Morgan fingerprint density at radius 3 is 2.62 bits per heavy atom. The fourth-order valence-corrected chi connectivity index (χ4v) is 3.70. The highest BCUT2D eigenvalue weighted by molar-refractivity contribution is 9.10. The minimum Gasteiger partial charge on any atom is -0.355 e. The molecule has 1 fully saturated rings. The number of sulfonamides is 1. The standard InChI is InChI=1S/C13H19BrClN3O2S/c1-17(21(2,19)20)9-10-3-5-18(6-4-10)13-12(15)7-11(14)8-16-13/h7-8,10H,3-6,9H2,1-2H3. The molecule has 1 aromatic rings. The van der Waals surface area contributed by atoms with Crippen LogP contribution in [0.1, 0.15) is 12.8 Å². The van der Waals surface area contributed by atoms with Crippen LogP contribution in [0.15, 0.2) is 16.7 Å². The SMILES string of the molecule is CN(CC1CCN(c2ncc(Br)cc2Cl)CC1)S(C)(=O)=O. The van der Waals surface area contributed by atoms with E-state index in [0.29, 0.717) is 17.5 Å². The molecular formula is C13H19BrClN3O2S. The van der Waals surface area contributed by atoms with Crippen LogP contribution < -0.4 is 4.90 Å². The van der Waals surface area contributed by atoms with Gasteiger partial charge in [-0.05, 0) is 40.8 Å². The zero-order valence-electron chi connectivity index (χ0n) is 12.1. The number of hydrogen-bond donors (Lipinski definition) is 0. The van der Waals surface area contributed by atoms with Crippen molar-refractivity contribution in [2.24, 2.45) is 5.92 Å². The van der Waals surface area contributed by atoms with Crippen molar-refractivity contribution in [1.29, 1.82) is 0 Å². The molecule has 2 heterocycles. The molecule has 1 saturated heterocycles. The second-order valence-corrected chi connectivity index (χ2v) is 8.85. The Hall–Kier alpha value is -0.370. The first-order valence-electron chi connectivity index (χ1n) is 6.74. The maximum atomic E-state index is 11.5. The van der Waals surface area contributed by atoms with E-state index in [-0.39, 0.29) is 0 Å². The van der Waals surface area contributed by atoms with Crippen LogP contribution in [0.3, 0.4) is 0 Å². The molecule has 2 rings (SSSR count). The predicted octanol–water partition coefficient (Wildman–Crippen LogP) is 2.61. The fraction of sp³-hybridized carbons (Fsp3) is 0.615. The van der Waals surface area contributed by atoms with E-state index in [4.69, 9.17) is 11.6 Å². The Balaban J connectivity index is 1.94. The maximum Gasteiger partial charge on any atom is 0.210 e. The molecule has 0 radical (unpaired) electrons. The van der Waals surface area contributed by atoms with E-state index >= 15 is 0 Å². The van der Waals surface area contributed by atoms with Crippen molar-refractivity contribution in [1.82, 2.24) is 9.29 Å². The number of nitrogens with zero attached hydrogens (tertiary/aromatic N) is 3. The van der Waals surface area contributed by atoms with Crippen molar-refractivity contribution >= 4 is 43.4 Å². The molecule has 21 heavy (non-hydrogen) atoms. The molecule has 0 saturated carbocycles. The van der Waals surface area contributed by atoms with E-state index in [9.17, 15) is 8.42 Å². The first-order chi connectivity index (χ1) is 9.77. The lowest BCUT2D eigenvalue weighted by Gasteiger charge is -2.34. The maximum absolute atomic E-state index is 11.5. The monoisotopic (exact) mass is 395 g/mol. The third kappa shape index (κ3) is 4.55. The van der Waals surface area contributed by atoms with Gasteiger partial charge in [-0.25, -0.2) is 17.7 Å². The van der Waals surface area contributed by atoms with Gasteiger partial charge in [0.2, 0.25) is 10.0 Å². The first kappa shape index (κ1) is 17.0. The molecular weight excluding hydrogens is 378 g/mol. The van der Waals surface area contributed by atoms with Crippen LogP contribution in [0, 0.1) is 5.92 Å². The number of aromatic nitrogens is 1. The normalized spacial score (nSPS) is 17.5. The van der Waals surface area contributed by atoms with E-state index in [1.165, 1.54) is 10.6 Å². The van der Waals surface area contributed by atoms with E-state index in [2.05, 4.69) is 25.8 Å². The zero-order chi connectivity index (χ0) is 15.6. The molecule has 1 aliphatic rings. The average Bonchev–Trinajstić information content (AvgIpc) is 2.39. The topological polar surface area (TPSA) is 53.5 Å². The summed E-state index contributed by atoms with van der Waals surface area (Å²) in [5.74, 6) is 1.19. The molecule has 0 aromatic carbocycles. The molecule has 1 aromatic heterocycles. The Labute approximate surface area is 139 Å². The Kier molecular flexibility index (Phi) is 5.51. The number of pyridine rings is 1.